The van der Waals surface area contributed by atoms with Crippen LogP contribution in [0.3, 0.4) is 0 Å². The van der Waals surface area contributed by atoms with Crippen molar-refractivity contribution in [1.29, 1.82) is 0 Å². The third-order valence-corrected chi connectivity index (χ3v) is 3.34. The molecule has 0 atom stereocenters. The SMILES string of the molecule is COc1ccc(F)c(F)c1-c1nc(C)nn1-c1ccnc(C)c1. The molecule has 0 aliphatic rings. The number of hydrogen-bond acceptors (Lipinski definition) is 4. The molecule has 1 aromatic carbocycles. The summed E-state index contributed by atoms with van der Waals surface area (Å²) >= 11 is 0. The minimum absolute atomic E-state index is 0.0671. The van der Waals surface area contributed by atoms with Crippen LogP contribution in [0.25, 0.3) is 17.1 Å². The first-order chi connectivity index (χ1) is 11.0. The van der Waals surface area contributed by atoms with Crippen molar-refractivity contribution in [3.05, 3.63) is 53.6 Å². The fourth-order valence-electron chi connectivity index (χ4n) is 2.33. The summed E-state index contributed by atoms with van der Waals surface area (Å²) in [6.45, 7) is 3.51. The van der Waals surface area contributed by atoms with Crippen molar-refractivity contribution in [1.82, 2.24) is 19.7 Å². The Labute approximate surface area is 131 Å². The highest BCUT2D eigenvalue weighted by molar-refractivity contribution is 5.67. The summed E-state index contributed by atoms with van der Waals surface area (Å²) in [5.41, 5.74) is 1.36. The van der Waals surface area contributed by atoms with Crippen molar-refractivity contribution >= 4 is 0 Å². The van der Waals surface area contributed by atoms with E-state index in [4.69, 9.17) is 4.74 Å². The number of benzene rings is 1. The van der Waals surface area contributed by atoms with Crippen molar-refractivity contribution < 1.29 is 13.5 Å². The van der Waals surface area contributed by atoms with Gasteiger partial charge in [0.2, 0.25) is 0 Å². The predicted octanol–water partition coefficient (Wildman–Crippen LogP) is 3.23. The molecule has 0 unspecified atom stereocenters. The number of nitrogens with zero attached hydrogens (tertiary/aromatic N) is 4. The Morgan fingerprint density at radius 3 is 2.61 bits per heavy atom. The third kappa shape index (κ3) is 2.65. The molecule has 2 aromatic heterocycles. The molecule has 0 aliphatic carbocycles. The zero-order chi connectivity index (χ0) is 16.6. The smallest absolute Gasteiger partial charge is 0.173 e. The van der Waals surface area contributed by atoms with Gasteiger partial charge in [0, 0.05) is 11.9 Å². The average Bonchev–Trinajstić information content (AvgIpc) is 2.91. The summed E-state index contributed by atoms with van der Waals surface area (Å²) in [6.07, 6.45) is 1.62. The van der Waals surface area contributed by atoms with Crippen molar-refractivity contribution in [2.75, 3.05) is 7.11 Å². The van der Waals surface area contributed by atoms with Gasteiger partial charge in [-0.2, -0.15) is 5.10 Å². The maximum absolute atomic E-state index is 14.4. The summed E-state index contributed by atoms with van der Waals surface area (Å²) in [7, 11) is 1.39. The lowest BCUT2D eigenvalue weighted by Crippen LogP contribution is -2.04. The molecule has 23 heavy (non-hydrogen) atoms. The molecule has 5 nitrogen and oxygen atoms in total. The lowest BCUT2D eigenvalue weighted by molar-refractivity contribution is 0.408. The van der Waals surface area contributed by atoms with E-state index in [1.165, 1.54) is 17.9 Å². The molecule has 0 aliphatic heterocycles. The summed E-state index contributed by atoms with van der Waals surface area (Å²) < 4.78 is 34.7. The molecule has 3 aromatic rings. The molecule has 7 heteroatoms. The summed E-state index contributed by atoms with van der Waals surface area (Å²) in [6, 6.07) is 5.87. The lowest BCUT2D eigenvalue weighted by Gasteiger charge is -2.11. The van der Waals surface area contributed by atoms with Crippen LogP contribution in [0.5, 0.6) is 5.75 Å². The van der Waals surface area contributed by atoms with Crippen molar-refractivity contribution in [3.63, 3.8) is 0 Å². The van der Waals surface area contributed by atoms with Gasteiger partial charge in [0.15, 0.2) is 17.5 Å². The van der Waals surface area contributed by atoms with E-state index in [9.17, 15) is 8.78 Å². The van der Waals surface area contributed by atoms with E-state index in [0.29, 0.717) is 11.5 Å². The zero-order valence-electron chi connectivity index (χ0n) is 12.8. The number of hydrogen-bond donors (Lipinski definition) is 0. The number of aromatic nitrogens is 4. The highest BCUT2D eigenvalue weighted by Crippen LogP contribution is 2.34. The van der Waals surface area contributed by atoms with Crippen LogP contribution in [-0.2, 0) is 0 Å². The van der Waals surface area contributed by atoms with Crippen LogP contribution in [0.15, 0.2) is 30.5 Å². The molecule has 118 valence electrons. The number of pyridine rings is 1. The highest BCUT2D eigenvalue weighted by atomic mass is 19.2. The first-order valence-corrected chi connectivity index (χ1v) is 6.90. The molecule has 0 fully saturated rings. The Morgan fingerprint density at radius 2 is 1.91 bits per heavy atom. The Kier molecular flexibility index (Phi) is 3.77. The van der Waals surface area contributed by atoms with Gasteiger partial charge in [-0.1, -0.05) is 0 Å². The van der Waals surface area contributed by atoms with E-state index in [1.54, 1.807) is 25.3 Å². The van der Waals surface area contributed by atoms with Crippen LogP contribution in [-0.4, -0.2) is 26.9 Å². The van der Waals surface area contributed by atoms with E-state index in [2.05, 4.69) is 15.1 Å². The van der Waals surface area contributed by atoms with E-state index >= 15 is 0 Å². The van der Waals surface area contributed by atoms with Crippen LogP contribution >= 0.6 is 0 Å². The minimum Gasteiger partial charge on any atom is -0.496 e. The van der Waals surface area contributed by atoms with Gasteiger partial charge in [0.05, 0.1) is 12.8 Å². The third-order valence-electron chi connectivity index (χ3n) is 3.34. The molecule has 0 N–H and O–H groups in total. The van der Waals surface area contributed by atoms with Crippen LogP contribution in [0, 0.1) is 25.5 Å². The van der Waals surface area contributed by atoms with Crippen molar-refractivity contribution in [2.24, 2.45) is 0 Å². The first-order valence-electron chi connectivity index (χ1n) is 6.90. The second-order valence-corrected chi connectivity index (χ2v) is 4.99. The Bertz CT molecular complexity index is 877. The molecule has 0 spiro atoms. The lowest BCUT2D eigenvalue weighted by atomic mass is 10.1. The van der Waals surface area contributed by atoms with Gasteiger partial charge in [-0.3, -0.25) is 4.98 Å². The predicted molar refractivity (Wildman–Crippen MR) is 80.5 cm³/mol. The van der Waals surface area contributed by atoms with Gasteiger partial charge in [0.25, 0.3) is 0 Å². The second kappa shape index (κ2) is 5.75. The second-order valence-electron chi connectivity index (χ2n) is 4.99. The van der Waals surface area contributed by atoms with E-state index < -0.39 is 11.6 Å². The largest absolute Gasteiger partial charge is 0.496 e. The average molecular weight is 316 g/mol. The Morgan fingerprint density at radius 1 is 1.13 bits per heavy atom. The number of aryl methyl sites for hydroxylation is 2. The Balaban J connectivity index is 2.29. The Hall–Kier alpha value is -2.83. The van der Waals surface area contributed by atoms with Crippen LogP contribution < -0.4 is 4.74 Å². The standard InChI is InChI=1S/C16H14F2N4O/c1-9-8-11(6-7-19-9)22-16(20-10(2)21-22)14-13(23-3)5-4-12(17)15(14)18/h4-8H,1-3H3. The molecule has 0 amide bonds. The van der Waals surface area contributed by atoms with Crippen LogP contribution in [0.4, 0.5) is 8.78 Å². The van der Waals surface area contributed by atoms with Gasteiger partial charge in [-0.15, -0.1) is 0 Å². The maximum atomic E-state index is 14.4. The molecule has 0 saturated carbocycles. The molecular formula is C16H14F2N4O. The fraction of sp³-hybridized carbons (Fsp3) is 0.188. The quantitative estimate of drug-likeness (QED) is 0.744. The van der Waals surface area contributed by atoms with Gasteiger partial charge in [0.1, 0.15) is 17.1 Å². The van der Waals surface area contributed by atoms with Gasteiger partial charge in [-0.05, 0) is 38.1 Å². The normalized spacial score (nSPS) is 10.8. The first kappa shape index (κ1) is 15.1. The number of halogens is 2. The van der Waals surface area contributed by atoms with E-state index in [-0.39, 0.29) is 17.1 Å². The van der Waals surface area contributed by atoms with Crippen molar-refractivity contribution in [2.45, 2.75) is 13.8 Å². The number of rotatable bonds is 3. The monoisotopic (exact) mass is 316 g/mol. The summed E-state index contributed by atoms with van der Waals surface area (Å²) in [5.74, 6) is -1.21. The van der Waals surface area contributed by atoms with E-state index in [1.807, 2.05) is 6.92 Å². The minimum atomic E-state index is -1.02. The zero-order valence-corrected chi connectivity index (χ0v) is 12.8. The summed E-state index contributed by atoms with van der Waals surface area (Å²) in [4.78, 5) is 8.36. The van der Waals surface area contributed by atoms with Crippen LogP contribution in [0.1, 0.15) is 11.5 Å². The van der Waals surface area contributed by atoms with Gasteiger partial charge >= 0.3 is 0 Å². The fourth-order valence-corrected chi connectivity index (χ4v) is 2.33. The van der Waals surface area contributed by atoms with Gasteiger partial charge in [-0.25, -0.2) is 18.4 Å². The van der Waals surface area contributed by atoms with Crippen molar-refractivity contribution in [3.8, 4) is 22.8 Å². The molecule has 3 rings (SSSR count). The molecule has 0 bridgehead atoms. The molecule has 2 heterocycles. The maximum Gasteiger partial charge on any atom is 0.173 e. The number of ether oxygens (including phenoxy) is 1. The highest BCUT2D eigenvalue weighted by Gasteiger charge is 2.22. The number of methoxy groups -OCH3 is 1. The molecule has 0 radical (unpaired) electrons. The molecule has 0 saturated heterocycles. The topological polar surface area (TPSA) is 52.8 Å². The van der Waals surface area contributed by atoms with Crippen LogP contribution in [0.2, 0.25) is 0 Å². The van der Waals surface area contributed by atoms with E-state index in [0.717, 1.165) is 11.8 Å². The summed E-state index contributed by atoms with van der Waals surface area (Å²) in [5, 5.41) is 4.28. The van der Waals surface area contributed by atoms with Gasteiger partial charge < -0.3 is 4.74 Å². The molecular weight excluding hydrogens is 302 g/mol.